The minimum atomic E-state index is 0.433. The van der Waals surface area contributed by atoms with Crippen molar-refractivity contribution < 1.29 is 0 Å². The van der Waals surface area contributed by atoms with E-state index in [1.54, 1.807) is 0 Å². The molecule has 0 saturated heterocycles. The Morgan fingerprint density at radius 2 is 2.05 bits per heavy atom. The number of hydrogen-bond acceptors (Lipinski definition) is 2. The van der Waals surface area contributed by atoms with Gasteiger partial charge in [0, 0.05) is 24.5 Å². The molecule has 3 heteroatoms. The summed E-state index contributed by atoms with van der Waals surface area (Å²) in [6, 6.07) is 11.7. The zero-order chi connectivity index (χ0) is 14.4. The molecule has 0 aliphatic rings. The fourth-order valence-corrected chi connectivity index (χ4v) is 2.56. The summed E-state index contributed by atoms with van der Waals surface area (Å²) in [5.41, 5.74) is 2.77. The average molecular weight is 271 g/mol. The number of aromatic nitrogens is 2. The lowest BCUT2D eigenvalue weighted by atomic mass is 10.0. The summed E-state index contributed by atoms with van der Waals surface area (Å²) in [7, 11) is 0. The van der Waals surface area contributed by atoms with Gasteiger partial charge in [0.25, 0.3) is 0 Å². The normalized spacial score (nSPS) is 14.2. The third kappa shape index (κ3) is 4.82. The topological polar surface area (TPSA) is 29.9 Å². The Kier molecular flexibility index (Phi) is 5.36. The SMILES string of the molecule is Cc1cccc(CCC(C)NC(C)Cn2cccn2)c1. The summed E-state index contributed by atoms with van der Waals surface area (Å²) in [4.78, 5) is 0. The van der Waals surface area contributed by atoms with Crippen LogP contribution < -0.4 is 5.32 Å². The molecule has 0 saturated carbocycles. The zero-order valence-electron chi connectivity index (χ0n) is 12.7. The van der Waals surface area contributed by atoms with E-state index < -0.39 is 0 Å². The molecule has 0 bridgehead atoms. The van der Waals surface area contributed by atoms with Crippen molar-refractivity contribution >= 4 is 0 Å². The first-order valence-corrected chi connectivity index (χ1v) is 7.42. The van der Waals surface area contributed by atoms with Gasteiger partial charge in [-0.05, 0) is 45.2 Å². The van der Waals surface area contributed by atoms with Crippen LogP contribution in [0.1, 0.15) is 31.4 Å². The summed E-state index contributed by atoms with van der Waals surface area (Å²) in [6.45, 7) is 7.54. The maximum absolute atomic E-state index is 4.24. The third-order valence-corrected chi connectivity index (χ3v) is 3.54. The number of aryl methyl sites for hydroxylation is 2. The van der Waals surface area contributed by atoms with Gasteiger partial charge in [-0.1, -0.05) is 29.8 Å². The van der Waals surface area contributed by atoms with Crippen molar-refractivity contribution in [2.45, 2.75) is 52.2 Å². The van der Waals surface area contributed by atoms with Gasteiger partial charge in [0.1, 0.15) is 0 Å². The van der Waals surface area contributed by atoms with E-state index in [-0.39, 0.29) is 0 Å². The van der Waals surface area contributed by atoms with E-state index in [1.807, 2.05) is 23.1 Å². The smallest absolute Gasteiger partial charge is 0.0560 e. The number of benzene rings is 1. The highest BCUT2D eigenvalue weighted by molar-refractivity contribution is 5.22. The molecule has 2 aromatic rings. The molecule has 0 amide bonds. The standard InChI is InChI=1S/C17H25N3/c1-14-6-4-7-17(12-14)9-8-15(2)19-16(3)13-20-11-5-10-18-20/h4-7,10-12,15-16,19H,8-9,13H2,1-3H3. The van der Waals surface area contributed by atoms with E-state index >= 15 is 0 Å². The summed E-state index contributed by atoms with van der Waals surface area (Å²) < 4.78 is 1.98. The second-order valence-electron chi connectivity index (χ2n) is 5.72. The van der Waals surface area contributed by atoms with Gasteiger partial charge in [0.15, 0.2) is 0 Å². The van der Waals surface area contributed by atoms with Crippen LogP contribution in [0.4, 0.5) is 0 Å². The second kappa shape index (κ2) is 7.25. The van der Waals surface area contributed by atoms with Gasteiger partial charge < -0.3 is 5.32 Å². The van der Waals surface area contributed by atoms with Crippen LogP contribution in [0.15, 0.2) is 42.7 Å². The third-order valence-electron chi connectivity index (χ3n) is 3.54. The highest BCUT2D eigenvalue weighted by Crippen LogP contribution is 2.08. The fourth-order valence-electron chi connectivity index (χ4n) is 2.56. The molecule has 0 aliphatic heterocycles. The van der Waals surface area contributed by atoms with E-state index in [1.165, 1.54) is 11.1 Å². The highest BCUT2D eigenvalue weighted by Gasteiger charge is 2.08. The van der Waals surface area contributed by atoms with E-state index in [2.05, 4.69) is 55.5 Å². The average Bonchev–Trinajstić information content (AvgIpc) is 2.89. The molecule has 1 aromatic heterocycles. The van der Waals surface area contributed by atoms with Crippen LogP contribution in [0.25, 0.3) is 0 Å². The van der Waals surface area contributed by atoms with Crippen LogP contribution in [0.5, 0.6) is 0 Å². The zero-order valence-corrected chi connectivity index (χ0v) is 12.7. The predicted octanol–water partition coefficient (Wildman–Crippen LogP) is 3.19. The first-order chi connectivity index (χ1) is 9.63. The molecular weight excluding hydrogens is 246 g/mol. The number of nitrogens with one attached hydrogen (secondary N) is 1. The van der Waals surface area contributed by atoms with Gasteiger partial charge in [-0.25, -0.2) is 0 Å². The maximum Gasteiger partial charge on any atom is 0.0560 e. The Balaban J connectivity index is 1.73. The van der Waals surface area contributed by atoms with Crippen molar-refractivity contribution in [3.8, 4) is 0 Å². The van der Waals surface area contributed by atoms with Gasteiger partial charge in [-0.15, -0.1) is 0 Å². The Morgan fingerprint density at radius 3 is 2.75 bits per heavy atom. The molecule has 1 N–H and O–H groups in total. The van der Waals surface area contributed by atoms with Gasteiger partial charge in [0.2, 0.25) is 0 Å². The molecule has 0 spiro atoms. The fraction of sp³-hybridized carbons (Fsp3) is 0.471. The van der Waals surface area contributed by atoms with Gasteiger partial charge >= 0.3 is 0 Å². The van der Waals surface area contributed by atoms with Crippen molar-refractivity contribution in [2.24, 2.45) is 0 Å². The Morgan fingerprint density at radius 1 is 1.20 bits per heavy atom. The van der Waals surface area contributed by atoms with Crippen molar-refractivity contribution in [1.82, 2.24) is 15.1 Å². The molecule has 2 unspecified atom stereocenters. The molecule has 1 aromatic carbocycles. The lowest BCUT2D eigenvalue weighted by molar-refractivity contribution is 0.395. The molecular formula is C17H25N3. The van der Waals surface area contributed by atoms with E-state index in [9.17, 15) is 0 Å². The van der Waals surface area contributed by atoms with Crippen molar-refractivity contribution in [1.29, 1.82) is 0 Å². The van der Waals surface area contributed by atoms with Gasteiger partial charge in [-0.3, -0.25) is 4.68 Å². The molecule has 108 valence electrons. The van der Waals surface area contributed by atoms with Crippen molar-refractivity contribution in [3.63, 3.8) is 0 Å². The lowest BCUT2D eigenvalue weighted by Crippen LogP contribution is -2.37. The van der Waals surface area contributed by atoms with Crippen LogP contribution in [0, 0.1) is 6.92 Å². The minimum Gasteiger partial charge on any atom is -0.310 e. The van der Waals surface area contributed by atoms with Crippen LogP contribution in [0.2, 0.25) is 0 Å². The van der Waals surface area contributed by atoms with Crippen molar-refractivity contribution in [3.05, 3.63) is 53.9 Å². The summed E-state index contributed by atoms with van der Waals surface area (Å²) in [5, 5.41) is 7.89. The van der Waals surface area contributed by atoms with E-state index in [0.29, 0.717) is 12.1 Å². The molecule has 2 rings (SSSR count). The molecule has 0 aliphatic carbocycles. The van der Waals surface area contributed by atoms with Crippen LogP contribution in [0.3, 0.4) is 0 Å². The highest BCUT2D eigenvalue weighted by atomic mass is 15.3. The Bertz CT molecular complexity index is 505. The monoisotopic (exact) mass is 271 g/mol. The Hall–Kier alpha value is -1.61. The number of hydrogen-bond donors (Lipinski definition) is 1. The second-order valence-corrected chi connectivity index (χ2v) is 5.72. The van der Waals surface area contributed by atoms with Crippen LogP contribution >= 0.6 is 0 Å². The lowest BCUT2D eigenvalue weighted by Gasteiger charge is -2.20. The van der Waals surface area contributed by atoms with Gasteiger partial charge in [0.05, 0.1) is 6.54 Å². The molecule has 0 radical (unpaired) electrons. The molecule has 2 atom stereocenters. The Labute approximate surface area is 122 Å². The van der Waals surface area contributed by atoms with Crippen molar-refractivity contribution in [2.75, 3.05) is 0 Å². The molecule has 0 fully saturated rings. The number of rotatable bonds is 7. The summed E-state index contributed by atoms with van der Waals surface area (Å²) in [5.74, 6) is 0. The molecule has 20 heavy (non-hydrogen) atoms. The first-order valence-electron chi connectivity index (χ1n) is 7.42. The predicted molar refractivity (Wildman–Crippen MR) is 83.8 cm³/mol. The molecule has 3 nitrogen and oxygen atoms in total. The summed E-state index contributed by atoms with van der Waals surface area (Å²) in [6.07, 6.45) is 6.13. The largest absolute Gasteiger partial charge is 0.310 e. The van der Waals surface area contributed by atoms with Crippen LogP contribution in [-0.2, 0) is 13.0 Å². The van der Waals surface area contributed by atoms with E-state index in [4.69, 9.17) is 0 Å². The van der Waals surface area contributed by atoms with E-state index in [0.717, 1.165) is 19.4 Å². The quantitative estimate of drug-likeness (QED) is 0.838. The van der Waals surface area contributed by atoms with Crippen LogP contribution in [-0.4, -0.2) is 21.9 Å². The maximum atomic E-state index is 4.24. The molecule has 1 heterocycles. The van der Waals surface area contributed by atoms with Gasteiger partial charge in [-0.2, -0.15) is 5.10 Å². The summed E-state index contributed by atoms with van der Waals surface area (Å²) >= 11 is 0. The number of nitrogens with zero attached hydrogens (tertiary/aromatic N) is 2. The first kappa shape index (κ1) is 14.8. The minimum absolute atomic E-state index is 0.433.